The number of aldehydes is 1. The van der Waals surface area contributed by atoms with Crippen molar-refractivity contribution < 1.29 is 19.2 Å². The van der Waals surface area contributed by atoms with Gasteiger partial charge in [0.1, 0.15) is 12.9 Å². The van der Waals surface area contributed by atoms with Crippen molar-refractivity contribution in [2.75, 3.05) is 13.1 Å². The summed E-state index contributed by atoms with van der Waals surface area (Å²) in [6, 6.07) is 9.22. The molecule has 1 aromatic carbocycles. The van der Waals surface area contributed by atoms with Crippen LogP contribution >= 0.6 is 0 Å². The van der Waals surface area contributed by atoms with Crippen LogP contribution in [0.4, 0.5) is 4.79 Å². The van der Waals surface area contributed by atoms with Crippen LogP contribution in [0.2, 0.25) is 0 Å². The predicted octanol–water partition coefficient (Wildman–Crippen LogP) is 2.02. The first-order chi connectivity index (χ1) is 10.6. The second kappa shape index (κ2) is 7.02. The minimum Gasteiger partial charge on any atom is -0.445 e. The molecule has 1 atom stereocenters. The smallest absolute Gasteiger partial charge is 0.410 e. The normalized spacial score (nSPS) is 20.6. The van der Waals surface area contributed by atoms with Crippen molar-refractivity contribution in [3.05, 3.63) is 46.0 Å². The summed E-state index contributed by atoms with van der Waals surface area (Å²) >= 11 is 0. The van der Waals surface area contributed by atoms with E-state index >= 15 is 0 Å². The van der Waals surface area contributed by atoms with Crippen LogP contribution in [0.3, 0.4) is 0 Å². The Hall–Kier alpha value is -2.44. The minimum absolute atomic E-state index is 0.0124. The van der Waals surface area contributed by atoms with E-state index in [4.69, 9.17) is 4.74 Å². The molecule has 0 aromatic heterocycles. The molecule has 0 aliphatic carbocycles. The van der Waals surface area contributed by atoms with Crippen molar-refractivity contribution in [3.8, 4) is 0 Å². The molecule has 1 fully saturated rings. The molecule has 0 spiro atoms. The fourth-order valence-electron chi connectivity index (χ4n) is 2.59. The molecule has 1 unspecified atom stereocenters. The lowest BCUT2D eigenvalue weighted by molar-refractivity contribution is -0.566. The van der Waals surface area contributed by atoms with Gasteiger partial charge >= 0.3 is 6.09 Å². The molecule has 1 aliphatic heterocycles. The monoisotopic (exact) mass is 306 g/mol. The Labute approximate surface area is 128 Å². The third-order valence-corrected chi connectivity index (χ3v) is 3.91. The molecule has 0 N–H and O–H groups in total. The second-order valence-electron chi connectivity index (χ2n) is 5.40. The van der Waals surface area contributed by atoms with Crippen LogP contribution in [0.5, 0.6) is 0 Å². The lowest BCUT2D eigenvalue weighted by Crippen LogP contribution is -2.42. The zero-order chi connectivity index (χ0) is 16.0. The highest BCUT2D eigenvalue weighted by Crippen LogP contribution is 2.29. The quantitative estimate of drug-likeness (QED) is 0.455. The molecular weight excluding hydrogens is 288 g/mol. The average Bonchev–Trinajstić information content (AvgIpc) is 2.97. The molecule has 118 valence electrons. The van der Waals surface area contributed by atoms with Gasteiger partial charge in [-0.15, -0.1) is 0 Å². The van der Waals surface area contributed by atoms with Crippen LogP contribution in [0, 0.1) is 10.1 Å². The van der Waals surface area contributed by atoms with Crippen molar-refractivity contribution in [2.24, 2.45) is 0 Å². The van der Waals surface area contributed by atoms with Gasteiger partial charge in [0.05, 0.1) is 6.54 Å². The number of carbonyl (C=O) groups is 2. The second-order valence-corrected chi connectivity index (χ2v) is 5.40. The van der Waals surface area contributed by atoms with E-state index < -0.39 is 11.6 Å². The molecule has 7 nitrogen and oxygen atoms in total. The van der Waals surface area contributed by atoms with E-state index in [0.717, 1.165) is 5.56 Å². The molecule has 0 saturated carbocycles. The molecule has 1 aromatic rings. The van der Waals surface area contributed by atoms with Gasteiger partial charge in [0.2, 0.25) is 5.54 Å². The number of nitrogens with zero attached hydrogens (tertiary/aromatic N) is 2. The summed E-state index contributed by atoms with van der Waals surface area (Å²) < 4.78 is 5.18. The summed E-state index contributed by atoms with van der Waals surface area (Å²) in [7, 11) is 0. The zero-order valence-corrected chi connectivity index (χ0v) is 12.1. The van der Waals surface area contributed by atoms with Gasteiger partial charge in [0, 0.05) is 30.7 Å². The van der Waals surface area contributed by atoms with Crippen LogP contribution < -0.4 is 0 Å². The first kappa shape index (κ1) is 15.9. The Balaban J connectivity index is 1.92. The zero-order valence-electron chi connectivity index (χ0n) is 12.1. The van der Waals surface area contributed by atoms with Crippen molar-refractivity contribution in [1.29, 1.82) is 0 Å². The van der Waals surface area contributed by atoms with Crippen LogP contribution in [0.15, 0.2) is 30.3 Å². The van der Waals surface area contributed by atoms with Gasteiger partial charge in [0.15, 0.2) is 0 Å². The predicted molar refractivity (Wildman–Crippen MR) is 77.8 cm³/mol. The molecule has 0 radical (unpaired) electrons. The Kier molecular flexibility index (Phi) is 5.08. The standard InChI is InChI=1S/C15H18N2O5/c18-10-4-7-15(17(20)21)8-9-16(12-15)14(19)22-11-13-5-2-1-3-6-13/h1-3,5-6,10H,4,7-9,11-12H2. The summed E-state index contributed by atoms with van der Waals surface area (Å²) in [5.74, 6) is 0. The van der Waals surface area contributed by atoms with E-state index in [1.165, 1.54) is 4.90 Å². The Bertz CT molecular complexity index is 548. The maximum Gasteiger partial charge on any atom is 0.410 e. The summed E-state index contributed by atoms with van der Waals surface area (Å²) in [5, 5.41) is 11.3. The molecule has 1 amide bonds. The summed E-state index contributed by atoms with van der Waals surface area (Å²) in [6.45, 7) is 0.394. The first-order valence-electron chi connectivity index (χ1n) is 7.11. The highest BCUT2D eigenvalue weighted by Gasteiger charge is 2.50. The van der Waals surface area contributed by atoms with Gasteiger partial charge < -0.3 is 14.4 Å². The van der Waals surface area contributed by atoms with Gasteiger partial charge in [-0.3, -0.25) is 10.1 Å². The maximum absolute atomic E-state index is 12.0. The van der Waals surface area contributed by atoms with Crippen molar-refractivity contribution >= 4 is 12.4 Å². The van der Waals surface area contributed by atoms with E-state index in [1.807, 2.05) is 30.3 Å². The number of ether oxygens (including phenoxy) is 1. The molecule has 1 aliphatic rings. The third kappa shape index (κ3) is 3.60. The van der Waals surface area contributed by atoms with E-state index in [0.29, 0.717) is 6.29 Å². The van der Waals surface area contributed by atoms with E-state index in [1.54, 1.807) is 0 Å². The maximum atomic E-state index is 12.0. The largest absolute Gasteiger partial charge is 0.445 e. The van der Waals surface area contributed by atoms with Crippen LogP contribution in [-0.2, 0) is 16.1 Å². The van der Waals surface area contributed by atoms with Crippen LogP contribution in [0.25, 0.3) is 0 Å². The summed E-state index contributed by atoms with van der Waals surface area (Å²) in [5.41, 5.74) is -0.372. The number of hydrogen-bond acceptors (Lipinski definition) is 5. The number of benzene rings is 1. The molecular formula is C15H18N2O5. The molecule has 1 saturated heterocycles. The number of likely N-dealkylation sites (tertiary alicyclic amines) is 1. The third-order valence-electron chi connectivity index (χ3n) is 3.91. The SMILES string of the molecule is O=CCCC1([N+](=O)[O-])CCN(C(=O)OCc2ccccc2)C1. The average molecular weight is 306 g/mol. The van der Waals surface area contributed by atoms with Gasteiger partial charge in [-0.2, -0.15) is 0 Å². The van der Waals surface area contributed by atoms with Gasteiger partial charge in [-0.25, -0.2) is 4.79 Å². The molecule has 2 rings (SSSR count). The Morgan fingerprint density at radius 3 is 2.77 bits per heavy atom. The lowest BCUT2D eigenvalue weighted by Gasteiger charge is -2.20. The molecule has 22 heavy (non-hydrogen) atoms. The lowest BCUT2D eigenvalue weighted by atomic mass is 9.94. The minimum atomic E-state index is -1.23. The van der Waals surface area contributed by atoms with Crippen molar-refractivity contribution in [3.63, 3.8) is 0 Å². The summed E-state index contributed by atoms with van der Waals surface area (Å²) in [4.78, 5) is 34.7. The number of nitro groups is 1. The van der Waals surface area contributed by atoms with Crippen LogP contribution in [0.1, 0.15) is 24.8 Å². The van der Waals surface area contributed by atoms with Crippen LogP contribution in [-0.4, -0.2) is 40.8 Å². The Morgan fingerprint density at radius 1 is 1.41 bits per heavy atom. The van der Waals surface area contributed by atoms with E-state index in [9.17, 15) is 19.7 Å². The van der Waals surface area contributed by atoms with Crippen molar-refractivity contribution in [2.45, 2.75) is 31.4 Å². The van der Waals surface area contributed by atoms with Gasteiger partial charge in [-0.1, -0.05) is 30.3 Å². The van der Waals surface area contributed by atoms with Gasteiger partial charge in [0.25, 0.3) is 0 Å². The fourth-order valence-corrected chi connectivity index (χ4v) is 2.59. The molecule has 0 bridgehead atoms. The van der Waals surface area contributed by atoms with E-state index in [-0.39, 0.29) is 43.9 Å². The summed E-state index contributed by atoms with van der Waals surface area (Å²) in [6.07, 6.45) is 0.620. The first-order valence-corrected chi connectivity index (χ1v) is 7.11. The molecule has 1 heterocycles. The fraction of sp³-hybridized carbons (Fsp3) is 0.467. The highest BCUT2D eigenvalue weighted by molar-refractivity contribution is 5.68. The number of amides is 1. The van der Waals surface area contributed by atoms with Gasteiger partial charge in [-0.05, 0) is 5.56 Å². The molecule has 7 heteroatoms. The number of carbonyl (C=O) groups excluding carboxylic acids is 2. The topological polar surface area (TPSA) is 89.8 Å². The van der Waals surface area contributed by atoms with Crippen molar-refractivity contribution in [1.82, 2.24) is 4.90 Å². The number of hydrogen-bond donors (Lipinski definition) is 0. The number of rotatable bonds is 6. The Morgan fingerprint density at radius 2 is 2.14 bits per heavy atom. The highest BCUT2D eigenvalue weighted by atomic mass is 16.6. The van der Waals surface area contributed by atoms with E-state index in [2.05, 4.69) is 0 Å².